The monoisotopic (exact) mass is 397 g/mol. The highest BCUT2D eigenvalue weighted by Gasteiger charge is 2.13. The van der Waals surface area contributed by atoms with Gasteiger partial charge in [0, 0.05) is 12.8 Å². The van der Waals surface area contributed by atoms with Gasteiger partial charge in [-0.3, -0.25) is 0 Å². The van der Waals surface area contributed by atoms with Gasteiger partial charge >= 0.3 is 0 Å². The summed E-state index contributed by atoms with van der Waals surface area (Å²) in [5.74, 6) is -0.670. The maximum atomic E-state index is 11.4. The van der Waals surface area contributed by atoms with Crippen molar-refractivity contribution >= 4 is 42.5 Å². The minimum absolute atomic E-state index is 0.322. The molecule has 8 heteroatoms. The van der Waals surface area contributed by atoms with Crippen LogP contribution in [0.3, 0.4) is 0 Å². The predicted octanol–water partition coefficient (Wildman–Crippen LogP) is 0.946. The van der Waals surface area contributed by atoms with Gasteiger partial charge in [0.1, 0.15) is 9.84 Å². The second-order valence-corrected chi connectivity index (χ2v) is 9.21. The van der Waals surface area contributed by atoms with Gasteiger partial charge < -0.3 is 0 Å². The van der Waals surface area contributed by atoms with Crippen LogP contribution in [-0.2, 0) is 19.9 Å². The van der Waals surface area contributed by atoms with Gasteiger partial charge in [-0.2, -0.15) is 0 Å². The standard InChI is InChI=1S/C9H20INO4S2/c1-16(12,13)8-9-17(14,15)11-7-5-3-2-4-6-10/h11H,2-9H2,1H3. The van der Waals surface area contributed by atoms with Crippen LogP contribution in [0.2, 0.25) is 0 Å². The summed E-state index contributed by atoms with van der Waals surface area (Å²) >= 11 is 2.31. The van der Waals surface area contributed by atoms with Gasteiger partial charge in [-0.15, -0.1) is 0 Å². The Hall–Kier alpha value is 0.590. The molecule has 0 aromatic heterocycles. The van der Waals surface area contributed by atoms with E-state index in [-0.39, 0.29) is 11.5 Å². The average molecular weight is 397 g/mol. The zero-order valence-electron chi connectivity index (χ0n) is 9.98. The van der Waals surface area contributed by atoms with Crippen molar-refractivity contribution in [2.24, 2.45) is 0 Å². The molecule has 0 aliphatic heterocycles. The maximum absolute atomic E-state index is 11.4. The Morgan fingerprint density at radius 3 is 2.06 bits per heavy atom. The number of rotatable bonds is 10. The molecule has 0 fully saturated rings. The third-order valence-electron chi connectivity index (χ3n) is 2.11. The van der Waals surface area contributed by atoms with Gasteiger partial charge in [-0.25, -0.2) is 21.6 Å². The molecule has 104 valence electrons. The zero-order valence-corrected chi connectivity index (χ0v) is 13.8. The number of nitrogens with one attached hydrogen (secondary N) is 1. The molecule has 0 unspecified atom stereocenters. The molecule has 0 bridgehead atoms. The van der Waals surface area contributed by atoms with E-state index in [1.54, 1.807) is 0 Å². The molecule has 0 radical (unpaired) electrons. The summed E-state index contributed by atoms with van der Waals surface area (Å²) in [7, 11) is -6.66. The van der Waals surface area contributed by atoms with Crippen molar-refractivity contribution < 1.29 is 16.8 Å². The first-order chi connectivity index (χ1) is 7.77. The lowest BCUT2D eigenvalue weighted by molar-refractivity contribution is 0.572. The molecule has 0 aromatic carbocycles. The Labute approximate surface area is 118 Å². The van der Waals surface area contributed by atoms with E-state index in [4.69, 9.17) is 0 Å². The highest BCUT2D eigenvalue weighted by Crippen LogP contribution is 2.01. The van der Waals surface area contributed by atoms with E-state index in [1.165, 1.54) is 0 Å². The minimum Gasteiger partial charge on any atom is -0.229 e. The van der Waals surface area contributed by atoms with Crippen LogP contribution < -0.4 is 4.72 Å². The Morgan fingerprint density at radius 1 is 0.941 bits per heavy atom. The maximum Gasteiger partial charge on any atom is 0.212 e. The van der Waals surface area contributed by atoms with Crippen LogP contribution in [0.5, 0.6) is 0 Å². The normalized spacial score (nSPS) is 12.8. The van der Waals surface area contributed by atoms with Crippen molar-refractivity contribution in [1.29, 1.82) is 0 Å². The highest BCUT2D eigenvalue weighted by atomic mass is 127. The van der Waals surface area contributed by atoms with E-state index < -0.39 is 19.9 Å². The predicted molar refractivity (Wildman–Crippen MR) is 78.9 cm³/mol. The fraction of sp³-hybridized carbons (Fsp3) is 1.00. The molecule has 0 aromatic rings. The summed E-state index contributed by atoms with van der Waals surface area (Å²) in [5, 5.41) is 0. The molecule has 5 nitrogen and oxygen atoms in total. The average Bonchev–Trinajstić information content (AvgIpc) is 2.20. The van der Waals surface area contributed by atoms with Gasteiger partial charge in [0.2, 0.25) is 10.0 Å². The number of unbranched alkanes of at least 4 members (excludes halogenated alkanes) is 3. The van der Waals surface area contributed by atoms with Crippen LogP contribution in [0.4, 0.5) is 0 Å². The number of halogens is 1. The van der Waals surface area contributed by atoms with Crippen molar-refractivity contribution in [1.82, 2.24) is 4.72 Å². The molecule has 0 aliphatic carbocycles. The number of hydrogen-bond donors (Lipinski definition) is 1. The van der Waals surface area contributed by atoms with E-state index in [1.807, 2.05) is 0 Å². The fourth-order valence-corrected chi connectivity index (χ4v) is 4.36. The third kappa shape index (κ3) is 12.8. The molecule has 0 saturated carbocycles. The molecule has 0 spiro atoms. The molecule has 0 amide bonds. The van der Waals surface area contributed by atoms with Crippen LogP contribution in [-0.4, -0.2) is 45.6 Å². The van der Waals surface area contributed by atoms with Crippen LogP contribution in [0.1, 0.15) is 25.7 Å². The molecular weight excluding hydrogens is 377 g/mol. The first-order valence-corrected chi connectivity index (χ1v) is 10.7. The smallest absolute Gasteiger partial charge is 0.212 e. The molecule has 0 atom stereocenters. The summed E-state index contributed by atoms with van der Waals surface area (Å²) in [6, 6.07) is 0. The van der Waals surface area contributed by atoms with Crippen molar-refractivity contribution in [2.45, 2.75) is 25.7 Å². The summed E-state index contributed by atoms with van der Waals surface area (Å²) in [6.07, 6.45) is 5.09. The number of sulfonamides is 1. The number of alkyl halides is 1. The van der Waals surface area contributed by atoms with Crippen LogP contribution in [0.25, 0.3) is 0 Å². The molecule has 0 heterocycles. The van der Waals surface area contributed by atoms with Crippen molar-refractivity contribution in [3.8, 4) is 0 Å². The van der Waals surface area contributed by atoms with Crippen LogP contribution >= 0.6 is 22.6 Å². The number of hydrogen-bond acceptors (Lipinski definition) is 4. The molecule has 0 rings (SSSR count). The van der Waals surface area contributed by atoms with Gasteiger partial charge in [0.05, 0.1) is 11.5 Å². The molecule has 1 N–H and O–H groups in total. The second-order valence-electron chi connectivity index (χ2n) is 3.95. The van der Waals surface area contributed by atoms with Crippen LogP contribution in [0, 0.1) is 0 Å². The first kappa shape index (κ1) is 17.6. The second kappa shape index (κ2) is 8.65. The van der Waals surface area contributed by atoms with Gasteiger partial charge in [0.25, 0.3) is 0 Å². The van der Waals surface area contributed by atoms with Gasteiger partial charge in [-0.05, 0) is 17.3 Å². The van der Waals surface area contributed by atoms with E-state index in [0.29, 0.717) is 6.54 Å². The lowest BCUT2D eigenvalue weighted by Gasteiger charge is -2.05. The largest absolute Gasteiger partial charge is 0.229 e. The Kier molecular flexibility index (Phi) is 8.95. The Bertz CT molecular complexity index is 391. The molecule has 0 saturated heterocycles. The summed E-state index contributed by atoms with van der Waals surface area (Å²) in [6.45, 7) is 0.396. The zero-order chi connectivity index (χ0) is 13.4. The fourth-order valence-electron chi connectivity index (χ4n) is 1.13. The molecular formula is C9H20INO4S2. The van der Waals surface area contributed by atoms with E-state index >= 15 is 0 Å². The van der Waals surface area contributed by atoms with E-state index in [9.17, 15) is 16.8 Å². The van der Waals surface area contributed by atoms with Crippen molar-refractivity contribution in [3.63, 3.8) is 0 Å². The summed E-state index contributed by atoms with van der Waals surface area (Å²) in [4.78, 5) is 0. The number of sulfone groups is 1. The topological polar surface area (TPSA) is 80.3 Å². The highest BCUT2D eigenvalue weighted by molar-refractivity contribution is 14.1. The first-order valence-electron chi connectivity index (χ1n) is 5.48. The Balaban J connectivity index is 3.72. The Morgan fingerprint density at radius 2 is 1.53 bits per heavy atom. The SMILES string of the molecule is CS(=O)(=O)CCS(=O)(=O)NCCCCCCI. The molecule has 0 aliphatic rings. The quantitative estimate of drug-likeness (QED) is 0.338. The third-order valence-corrected chi connectivity index (χ3v) is 5.46. The van der Waals surface area contributed by atoms with E-state index in [2.05, 4.69) is 27.3 Å². The van der Waals surface area contributed by atoms with Crippen molar-refractivity contribution in [3.05, 3.63) is 0 Å². The van der Waals surface area contributed by atoms with E-state index in [0.717, 1.165) is 36.4 Å². The minimum atomic E-state index is -3.44. The van der Waals surface area contributed by atoms with Crippen LogP contribution in [0.15, 0.2) is 0 Å². The molecule has 17 heavy (non-hydrogen) atoms. The van der Waals surface area contributed by atoms with Gasteiger partial charge in [-0.1, -0.05) is 35.4 Å². The lowest BCUT2D eigenvalue weighted by atomic mass is 10.2. The van der Waals surface area contributed by atoms with Crippen molar-refractivity contribution in [2.75, 3.05) is 28.7 Å². The van der Waals surface area contributed by atoms with Gasteiger partial charge in [0.15, 0.2) is 0 Å². The summed E-state index contributed by atoms with van der Waals surface area (Å²) in [5.41, 5.74) is 0. The summed E-state index contributed by atoms with van der Waals surface area (Å²) < 4.78 is 48.0. The lowest BCUT2D eigenvalue weighted by Crippen LogP contribution is -2.30.